The minimum absolute atomic E-state index is 0.130. The number of aliphatic carboxylic acids is 1. The quantitative estimate of drug-likeness (QED) is 0.564. The molecule has 0 amide bonds. The van der Waals surface area contributed by atoms with Crippen LogP contribution in [0, 0.1) is 5.41 Å². The predicted molar refractivity (Wildman–Crippen MR) is 61.4 cm³/mol. The van der Waals surface area contributed by atoms with Gasteiger partial charge in [0.2, 0.25) is 0 Å². The summed E-state index contributed by atoms with van der Waals surface area (Å²) < 4.78 is 0. The zero-order valence-electron chi connectivity index (χ0n) is 10.3. The first-order valence-corrected chi connectivity index (χ1v) is 5.46. The van der Waals surface area contributed by atoms with Gasteiger partial charge in [0.25, 0.3) is 0 Å². The third-order valence-corrected chi connectivity index (χ3v) is 2.72. The van der Waals surface area contributed by atoms with Crippen LogP contribution in [0.5, 0.6) is 0 Å². The van der Waals surface area contributed by atoms with Crippen LogP contribution < -0.4 is 5.32 Å². The van der Waals surface area contributed by atoms with E-state index in [0.717, 1.165) is 0 Å². The molecule has 0 aliphatic heterocycles. The van der Waals surface area contributed by atoms with Crippen LogP contribution in [0.3, 0.4) is 0 Å². The molecule has 17 heavy (non-hydrogen) atoms. The molecular formula is C12H17NO4. The summed E-state index contributed by atoms with van der Waals surface area (Å²) in [5, 5.41) is 11.1. The Hall–Kier alpha value is -1.65. The summed E-state index contributed by atoms with van der Waals surface area (Å²) in [5.74, 6) is -1.44. The third kappa shape index (κ3) is 3.41. The molecule has 0 saturated heterocycles. The third-order valence-electron chi connectivity index (χ3n) is 2.72. The minimum Gasteiger partial charge on any atom is -0.480 e. The maximum absolute atomic E-state index is 11.8. The molecule has 94 valence electrons. The lowest BCUT2D eigenvalue weighted by Crippen LogP contribution is -2.34. The van der Waals surface area contributed by atoms with Crippen LogP contribution in [-0.4, -0.2) is 29.2 Å². The van der Waals surface area contributed by atoms with Gasteiger partial charge >= 0.3 is 5.97 Å². The number of ketones is 2. The van der Waals surface area contributed by atoms with E-state index in [1.54, 1.807) is 6.92 Å². The van der Waals surface area contributed by atoms with Crippen molar-refractivity contribution in [1.82, 2.24) is 5.32 Å². The Morgan fingerprint density at radius 3 is 2.18 bits per heavy atom. The van der Waals surface area contributed by atoms with Crippen LogP contribution in [-0.2, 0) is 14.4 Å². The van der Waals surface area contributed by atoms with E-state index in [1.165, 1.54) is 0 Å². The second-order valence-electron chi connectivity index (χ2n) is 5.11. The summed E-state index contributed by atoms with van der Waals surface area (Å²) >= 11 is 0. The predicted octanol–water partition coefficient (Wildman–Crippen LogP) is 0.893. The van der Waals surface area contributed by atoms with Gasteiger partial charge in [0.15, 0.2) is 11.6 Å². The van der Waals surface area contributed by atoms with E-state index < -0.39 is 5.97 Å². The van der Waals surface area contributed by atoms with Gasteiger partial charge in [-0.1, -0.05) is 13.8 Å². The number of rotatable bonds is 3. The van der Waals surface area contributed by atoms with E-state index in [4.69, 9.17) is 5.11 Å². The number of hydrogen-bond donors (Lipinski definition) is 2. The minimum atomic E-state index is -1.03. The molecule has 0 bridgehead atoms. The van der Waals surface area contributed by atoms with Crippen LogP contribution in [0.4, 0.5) is 0 Å². The SMILES string of the molecule is CC(NCC(=O)O)=C1C(=O)CC(C)(C)CC1=O. The maximum atomic E-state index is 11.8. The summed E-state index contributed by atoms with van der Waals surface area (Å²) in [6.45, 7) is 5.02. The van der Waals surface area contributed by atoms with Gasteiger partial charge in [-0.05, 0) is 12.3 Å². The Balaban J connectivity index is 2.89. The number of carboxylic acids is 1. The zero-order valence-corrected chi connectivity index (χ0v) is 10.3. The van der Waals surface area contributed by atoms with Crippen LogP contribution in [0.1, 0.15) is 33.6 Å². The molecular weight excluding hydrogens is 222 g/mol. The second kappa shape index (κ2) is 4.69. The largest absolute Gasteiger partial charge is 0.480 e. The molecule has 1 saturated carbocycles. The summed E-state index contributed by atoms with van der Waals surface area (Å²) in [6, 6.07) is 0. The first kappa shape index (κ1) is 13.4. The van der Waals surface area contributed by atoms with Crippen molar-refractivity contribution in [2.75, 3.05) is 6.54 Å². The highest BCUT2D eigenvalue weighted by molar-refractivity contribution is 6.22. The fourth-order valence-corrected chi connectivity index (χ4v) is 1.98. The number of carbonyl (C=O) groups is 3. The van der Waals surface area contributed by atoms with Gasteiger partial charge in [-0.25, -0.2) is 0 Å². The van der Waals surface area contributed by atoms with Crippen molar-refractivity contribution in [2.45, 2.75) is 33.6 Å². The number of hydrogen-bond acceptors (Lipinski definition) is 4. The lowest BCUT2D eigenvalue weighted by atomic mass is 9.73. The van der Waals surface area contributed by atoms with Crippen molar-refractivity contribution in [2.24, 2.45) is 5.41 Å². The molecule has 0 radical (unpaired) electrons. The molecule has 5 nitrogen and oxygen atoms in total. The van der Waals surface area contributed by atoms with Crippen molar-refractivity contribution >= 4 is 17.5 Å². The van der Waals surface area contributed by atoms with Gasteiger partial charge in [-0.3, -0.25) is 14.4 Å². The number of allylic oxidation sites excluding steroid dienone is 2. The van der Waals surface area contributed by atoms with Crippen LogP contribution in [0.2, 0.25) is 0 Å². The molecule has 1 aliphatic carbocycles. The second-order valence-corrected chi connectivity index (χ2v) is 5.11. The Labute approximate surface area is 99.9 Å². The normalized spacial score (nSPS) is 19.1. The van der Waals surface area contributed by atoms with Crippen LogP contribution in [0.15, 0.2) is 11.3 Å². The van der Waals surface area contributed by atoms with E-state index >= 15 is 0 Å². The highest BCUT2D eigenvalue weighted by atomic mass is 16.4. The number of carbonyl (C=O) groups excluding carboxylic acids is 2. The van der Waals surface area contributed by atoms with Crippen molar-refractivity contribution in [3.63, 3.8) is 0 Å². The number of carboxylic acid groups (broad SMARTS) is 1. The summed E-state index contributed by atoms with van der Waals surface area (Å²) in [6.07, 6.45) is 0.639. The molecule has 1 aliphatic rings. The van der Waals surface area contributed by atoms with E-state index in [1.807, 2.05) is 13.8 Å². The first-order chi connectivity index (χ1) is 7.73. The van der Waals surface area contributed by atoms with E-state index in [2.05, 4.69) is 5.32 Å². The van der Waals surface area contributed by atoms with Gasteiger partial charge in [0.1, 0.15) is 6.54 Å². The van der Waals surface area contributed by atoms with Gasteiger partial charge in [-0.2, -0.15) is 0 Å². The molecule has 1 fully saturated rings. The Bertz CT molecular complexity index is 385. The number of Topliss-reactive ketones (excluding diaryl/α,β-unsaturated/α-hetero) is 2. The van der Waals surface area contributed by atoms with Gasteiger partial charge in [0, 0.05) is 18.5 Å². The van der Waals surface area contributed by atoms with Crippen LogP contribution in [0.25, 0.3) is 0 Å². The Morgan fingerprint density at radius 1 is 1.29 bits per heavy atom. The monoisotopic (exact) mass is 239 g/mol. The molecule has 1 rings (SSSR count). The van der Waals surface area contributed by atoms with Gasteiger partial charge in [-0.15, -0.1) is 0 Å². The Morgan fingerprint density at radius 2 is 1.76 bits per heavy atom. The lowest BCUT2D eigenvalue weighted by Gasteiger charge is -2.29. The average molecular weight is 239 g/mol. The van der Waals surface area contributed by atoms with E-state index in [9.17, 15) is 14.4 Å². The smallest absolute Gasteiger partial charge is 0.322 e. The zero-order chi connectivity index (χ0) is 13.2. The van der Waals surface area contributed by atoms with Gasteiger partial charge < -0.3 is 10.4 Å². The van der Waals surface area contributed by atoms with E-state index in [-0.39, 0.29) is 29.1 Å². The standard InChI is InChI=1S/C12H17NO4/c1-7(13-6-10(16)17)11-8(14)4-12(2,3)5-9(11)15/h13H,4-6H2,1-3H3,(H,16,17). The lowest BCUT2D eigenvalue weighted by molar-refractivity contribution is -0.136. The average Bonchev–Trinajstić information content (AvgIpc) is 2.11. The molecule has 0 aromatic rings. The van der Waals surface area contributed by atoms with Crippen molar-refractivity contribution < 1.29 is 19.5 Å². The molecule has 0 heterocycles. The number of nitrogens with one attached hydrogen (secondary N) is 1. The van der Waals surface area contributed by atoms with Crippen LogP contribution >= 0.6 is 0 Å². The molecule has 0 unspecified atom stereocenters. The topological polar surface area (TPSA) is 83.5 Å². The van der Waals surface area contributed by atoms with Crippen molar-refractivity contribution in [1.29, 1.82) is 0 Å². The molecule has 0 aromatic heterocycles. The molecule has 0 atom stereocenters. The maximum Gasteiger partial charge on any atom is 0.322 e. The van der Waals surface area contributed by atoms with Crippen molar-refractivity contribution in [3.8, 4) is 0 Å². The molecule has 0 spiro atoms. The van der Waals surface area contributed by atoms with E-state index in [0.29, 0.717) is 18.5 Å². The fraction of sp³-hybridized carbons (Fsp3) is 0.583. The highest BCUT2D eigenvalue weighted by Crippen LogP contribution is 2.34. The van der Waals surface area contributed by atoms with Gasteiger partial charge in [0.05, 0.1) is 5.57 Å². The molecule has 2 N–H and O–H groups in total. The fourth-order valence-electron chi connectivity index (χ4n) is 1.98. The summed E-state index contributed by atoms with van der Waals surface area (Å²) in [4.78, 5) is 34.1. The highest BCUT2D eigenvalue weighted by Gasteiger charge is 2.36. The molecule has 5 heteroatoms. The van der Waals surface area contributed by atoms with Crippen molar-refractivity contribution in [3.05, 3.63) is 11.3 Å². The summed E-state index contributed by atoms with van der Waals surface area (Å²) in [7, 11) is 0. The Kier molecular flexibility index (Phi) is 3.70. The summed E-state index contributed by atoms with van der Waals surface area (Å²) in [5.41, 5.74) is 0.188. The molecule has 0 aromatic carbocycles. The first-order valence-electron chi connectivity index (χ1n) is 5.46.